The normalized spacial score (nSPS) is 14.7. The minimum atomic E-state index is 0. The smallest absolute Gasteiger partial charge is 0.191 e. The van der Waals surface area contributed by atoms with Gasteiger partial charge in [-0.05, 0) is 55.7 Å². The van der Waals surface area contributed by atoms with Crippen LogP contribution < -0.4 is 15.5 Å². The summed E-state index contributed by atoms with van der Waals surface area (Å²) in [5.74, 6) is 0.889. The van der Waals surface area contributed by atoms with Crippen molar-refractivity contribution in [1.82, 2.24) is 20.4 Å². The van der Waals surface area contributed by atoms with Gasteiger partial charge in [-0.15, -0.1) is 24.0 Å². The first-order valence-corrected chi connectivity index (χ1v) is 10.8. The van der Waals surface area contributed by atoms with Gasteiger partial charge in [0.05, 0.1) is 12.2 Å². The first kappa shape index (κ1) is 23.1. The lowest BCUT2D eigenvalue weighted by Gasteiger charge is -2.34. The van der Waals surface area contributed by atoms with Crippen LogP contribution in [0.15, 0.2) is 78.0 Å². The number of halogens is 1. The van der Waals surface area contributed by atoms with Crippen LogP contribution in [0.25, 0.3) is 5.69 Å². The number of rotatable bonds is 6. The second kappa shape index (κ2) is 11.7. The van der Waals surface area contributed by atoms with Crippen molar-refractivity contribution < 1.29 is 0 Å². The van der Waals surface area contributed by atoms with Crippen LogP contribution in [-0.4, -0.2) is 41.4 Å². The van der Waals surface area contributed by atoms with Crippen molar-refractivity contribution in [1.29, 1.82) is 0 Å². The number of nitrogens with zero attached hydrogens (tertiary/aromatic N) is 4. The minimum absolute atomic E-state index is 0. The third kappa shape index (κ3) is 6.46. The van der Waals surface area contributed by atoms with Crippen LogP contribution in [0.5, 0.6) is 0 Å². The van der Waals surface area contributed by atoms with Gasteiger partial charge >= 0.3 is 0 Å². The van der Waals surface area contributed by atoms with Crippen LogP contribution >= 0.6 is 24.0 Å². The highest BCUT2D eigenvalue weighted by atomic mass is 127. The molecule has 1 saturated heterocycles. The van der Waals surface area contributed by atoms with Crippen LogP contribution in [0.4, 0.5) is 5.69 Å². The lowest BCUT2D eigenvalue weighted by Crippen LogP contribution is -2.48. The van der Waals surface area contributed by atoms with Crippen molar-refractivity contribution in [3.8, 4) is 5.69 Å². The molecule has 0 atom stereocenters. The molecule has 6 nitrogen and oxygen atoms in total. The molecular formula is C24H31IN6. The quantitative estimate of drug-likeness (QED) is 0.285. The summed E-state index contributed by atoms with van der Waals surface area (Å²) in [6.45, 7) is 5.71. The van der Waals surface area contributed by atoms with E-state index < -0.39 is 0 Å². The molecule has 3 aromatic rings. The lowest BCUT2D eigenvalue weighted by atomic mass is 10.0. The van der Waals surface area contributed by atoms with Crippen LogP contribution in [0.1, 0.15) is 25.3 Å². The molecular weight excluding hydrogens is 499 g/mol. The van der Waals surface area contributed by atoms with Crippen molar-refractivity contribution >= 4 is 35.6 Å². The summed E-state index contributed by atoms with van der Waals surface area (Å²) in [6, 6.07) is 21.4. The van der Waals surface area contributed by atoms with Gasteiger partial charge < -0.3 is 15.5 Å². The van der Waals surface area contributed by atoms with E-state index >= 15 is 0 Å². The fourth-order valence-corrected chi connectivity index (χ4v) is 3.82. The SMILES string of the molecule is CCNC(=NCc1cccc(-n2cccn2)c1)NC1CCN(c2ccccc2)CC1.I. The second-order valence-corrected chi connectivity index (χ2v) is 7.56. The van der Waals surface area contributed by atoms with Gasteiger partial charge in [-0.1, -0.05) is 30.3 Å². The van der Waals surface area contributed by atoms with E-state index in [4.69, 9.17) is 4.99 Å². The van der Waals surface area contributed by atoms with Crippen LogP contribution in [0, 0.1) is 0 Å². The summed E-state index contributed by atoms with van der Waals surface area (Å²) in [4.78, 5) is 7.29. The molecule has 164 valence electrons. The van der Waals surface area contributed by atoms with Gasteiger partial charge in [-0.3, -0.25) is 0 Å². The molecule has 0 saturated carbocycles. The number of aliphatic imine (C=N–C) groups is 1. The maximum absolute atomic E-state index is 4.83. The summed E-state index contributed by atoms with van der Waals surface area (Å²) < 4.78 is 1.87. The zero-order valence-electron chi connectivity index (χ0n) is 17.9. The Morgan fingerprint density at radius 1 is 1.03 bits per heavy atom. The predicted molar refractivity (Wildman–Crippen MR) is 139 cm³/mol. The fraction of sp³-hybridized carbons (Fsp3) is 0.333. The number of benzene rings is 2. The highest BCUT2D eigenvalue weighted by Crippen LogP contribution is 2.19. The third-order valence-corrected chi connectivity index (χ3v) is 5.40. The molecule has 1 aliphatic rings. The highest BCUT2D eigenvalue weighted by molar-refractivity contribution is 14.0. The monoisotopic (exact) mass is 530 g/mol. The average Bonchev–Trinajstić information content (AvgIpc) is 3.34. The number of hydrogen-bond acceptors (Lipinski definition) is 3. The molecule has 4 rings (SSSR count). The molecule has 2 heterocycles. The molecule has 1 aliphatic heterocycles. The lowest BCUT2D eigenvalue weighted by molar-refractivity contribution is 0.461. The number of hydrogen-bond donors (Lipinski definition) is 2. The van der Waals surface area contributed by atoms with Crippen LogP contribution in [0.2, 0.25) is 0 Å². The Hall–Kier alpha value is -2.55. The summed E-state index contributed by atoms with van der Waals surface area (Å²) in [7, 11) is 0. The molecule has 1 aromatic heterocycles. The number of para-hydroxylation sites is 1. The van der Waals surface area contributed by atoms with E-state index in [-0.39, 0.29) is 24.0 Å². The number of piperidine rings is 1. The highest BCUT2D eigenvalue weighted by Gasteiger charge is 2.20. The number of nitrogens with one attached hydrogen (secondary N) is 2. The number of aromatic nitrogens is 2. The van der Waals surface area contributed by atoms with E-state index in [0.29, 0.717) is 12.6 Å². The Balaban J connectivity index is 0.00000272. The minimum Gasteiger partial charge on any atom is -0.371 e. The Morgan fingerprint density at radius 3 is 2.52 bits per heavy atom. The Morgan fingerprint density at radius 2 is 1.81 bits per heavy atom. The van der Waals surface area contributed by atoms with Crippen molar-refractivity contribution in [2.75, 3.05) is 24.5 Å². The number of anilines is 1. The molecule has 0 radical (unpaired) electrons. The van der Waals surface area contributed by atoms with E-state index in [1.54, 1.807) is 6.20 Å². The summed E-state index contributed by atoms with van der Waals surface area (Å²) in [6.07, 6.45) is 5.96. The molecule has 2 aromatic carbocycles. The molecule has 0 bridgehead atoms. The Kier molecular flexibility index (Phi) is 8.75. The van der Waals surface area contributed by atoms with Gasteiger partial charge in [0.2, 0.25) is 0 Å². The summed E-state index contributed by atoms with van der Waals surface area (Å²) >= 11 is 0. The third-order valence-electron chi connectivity index (χ3n) is 5.40. The largest absolute Gasteiger partial charge is 0.371 e. The van der Waals surface area contributed by atoms with Gasteiger partial charge in [0.15, 0.2) is 5.96 Å². The zero-order chi connectivity index (χ0) is 20.6. The molecule has 1 fully saturated rings. The second-order valence-electron chi connectivity index (χ2n) is 7.56. The topological polar surface area (TPSA) is 57.5 Å². The molecule has 31 heavy (non-hydrogen) atoms. The fourth-order valence-electron chi connectivity index (χ4n) is 3.82. The van der Waals surface area contributed by atoms with E-state index in [1.807, 2.05) is 16.9 Å². The van der Waals surface area contributed by atoms with Crippen molar-refractivity contribution in [3.63, 3.8) is 0 Å². The molecule has 0 aliphatic carbocycles. The van der Waals surface area contributed by atoms with Gasteiger partial charge in [0.1, 0.15) is 0 Å². The molecule has 0 amide bonds. The first-order valence-electron chi connectivity index (χ1n) is 10.8. The van der Waals surface area contributed by atoms with Crippen LogP contribution in [0.3, 0.4) is 0 Å². The first-order chi connectivity index (χ1) is 14.8. The molecule has 7 heteroatoms. The predicted octanol–water partition coefficient (Wildman–Crippen LogP) is 4.21. The van der Waals surface area contributed by atoms with Crippen LogP contribution in [-0.2, 0) is 6.54 Å². The summed E-state index contributed by atoms with van der Waals surface area (Å²) in [5.41, 5.74) is 3.53. The standard InChI is InChI=1S/C24H30N6.HI/c1-2-25-24(26-19-20-8-6-11-23(18-20)30-15-7-14-27-30)28-21-12-16-29(17-13-21)22-9-4-3-5-10-22;/h3-11,14-15,18,21H,2,12-13,16-17,19H2,1H3,(H2,25,26,28);1H. The van der Waals surface area contributed by atoms with Gasteiger partial charge in [0.25, 0.3) is 0 Å². The van der Waals surface area contributed by atoms with E-state index in [1.165, 1.54) is 11.3 Å². The van der Waals surface area contributed by atoms with E-state index in [2.05, 4.69) is 82.2 Å². The van der Waals surface area contributed by atoms with E-state index in [9.17, 15) is 0 Å². The van der Waals surface area contributed by atoms with E-state index in [0.717, 1.165) is 44.1 Å². The van der Waals surface area contributed by atoms with Crippen molar-refractivity contribution in [2.24, 2.45) is 4.99 Å². The van der Waals surface area contributed by atoms with Crippen molar-refractivity contribution in [2.45, 2.75) is 32.4 Å². The molecule has 0 unspecified atom stereocenters. The Bertz CT molecular complexity index is 934. The van der Waals surface area contributed by atoms with Gasteiger partial charge in [-0.25, -0.2) is 9.67 Å². The molecule has 0 spiro atoms. The maximum atomic E-state index is 4.83. The zero-order valence-corrected chi connectivity index (χ0v) is 20.3. The average molecular weight is 530 g/mol. The molecule has 2 N–H and O–H groups in total. The maximum Gasteiger partial charge on any atom is 0.191 e. The Labute approximate surface area is 201 Å². The summed E-state index contributed by atoms with van der Waals surface area (Å²) in [5, 5.41) is 11.3. The van der Waals surface area contributed by atoms with Gasteiger partial charge in [0, 0.05) is 43.8 Å². The van der Waals surface area contributed by atoms with Crippen molar-refractivity contribution in [3.05, 3.63) is 78.6 Å². The number of guanidine groups is 1. The van der Waals surface area contributed by atoms with Gasteiger partial charge in [-0.2, -0.15) is 5.10 Å².